The first-order valence-electron chi connectivity index (χ1n) is 5.55. The minimum Gasteiger partial charge on any atom is -0.313 e. The van der Waals surface area contributed by atoms with Gasteiger partial charge in [-0.05, 0) is 42.3 Å². The molecule has 0 aliphatic carbocycles. The Bertz CT molecular complexity index is 398. The van der Waals surface area contributed by atoms with Gasteiger partial charge in [-0.2, -0.15) is 0 Å². The summed E-state index contributed by atoms with van der Waals surface area (Å²) in [4.78, 5) is 11.5. The molecule has 0 bridgehead atoms. The number of hydrogen-bond acceptors (Lipinski definition) is 2. The lowest BCUT2D eigenvalue weighted by Crippen LogP contribution is -2.41. The zero-order chi connectivity index (χ0) is 12.2. The number of rotatable bonds is 5. The molecule has 0 spiro atoms. The van der Waals surface area contributed by atoms with Crippen LogP contribution in [0.25, 0.3) is 0 Å². The van der Waals surface area contributed by atoms with Gasteiger partial charge in [-0.25, -0.2) is 0 Å². The van der Waals surface area contributed by atoms with Crippen LogP contribution < -0.4 is 10.9 Å². The number of halogens is 1. The summed E-state index contributed by atoms with van der Waals surface area (Å²) in [7, 11) is 0. The molecule has 0 aromatic carbocycles. The molecule has 0 amide bonds. The summed E-state index contributed by atoms with van der Waals surface area (Å²) in [6.45, 7) is 7.98. The molecular weight excluding hydrogens is 268 g/mol. The van der Waals surface area contributed by atoms with Crippen LogP contribution in [-0.2, 0) is 6.54 Å². The number of hydrogen-bond donors (Lipinski definition) is 1. The van der Waals surface area contributed by atoms with Crippen LogP contribution in [0.5, 0.6) is 0 Å². The summed E-state index contributed by atoms with van der Waals surface area (Å²) < 4.78 is 2.64. The van der Waals surface area contributed by atoms with Gasteiger partial charge in [0.15, 0.2) is 0 Å². The molecule has 3 nitrogen and oxygen atoms in total. The quantitative estimate of drug-likeness (QED) is 0.902. The lowest BCUT2D eigenvalue weighted by atomic mass is 10.0. The first-order valence-corrected chi connectivity index (χ1v) is 6.35. The van der Waals surface area contributed by atoms with Crippen molar-refractivity contribution in [2.45, 2.75) is 39.3 Å². The second kappa shape index (κ2) is 5.64. The summed E-state index contributed by atoms with van der Waals surface area (Å²) in [5, 5.41) is 3.43. The van der Waals surface area contributed by atoms with E-state index in [1.165, 1.54) is 0 Å². The van der Waals surface area contributed by atoms with E-state index in [2.05, 4.69) is 42.0 Å². The summed E-state index contributed by atoms with van der Waals surface area (Å²) >= 11 is 3.36. The minimum atomic E-state index is 0.0410. The lowest BCUT2D eigenvalue weighted by Gasteiger charge is -2.24. The van der Waals surface area contributed by atoms with Crippen molar-refractivity contribution >= 4 is 15.9 Å². The van der Waals surface area contributed by atoms with Gasteiger partial charge in [-0.15, -0.1) is 0 Å². The zero-order valence-corrected chi connectivity index (χ0v) is 11.7. The SMILES string of the molecule is CCC(C)(C)NCCn1cc(Br)ccc1=O. The molecule has 1 aromatic heterocycles. The Balaban J connectivity index is 2.55. The molecule has 0 unspecified atom stereocenters. The van der Waals surface area contributed by atoms with Crippen molar-refractivity contribution in [1.29, 1.82) is 0 Å². The molecule has 1 N–H and O–H groups in total. The van der Waals surface area contributed by atoms with Crippen molar-refractivity contribution < 1.29 is 0 Å². The zero-order valence-electron chi connectivity index (χ0n) is 10.1. The van der Waals surface area contributed by atoms with Gasteiger partial charge in [-0.3, -0.25) is 4.79 Å². The van der Waals surface area contributed by atoms with Gasteiger partial charge in [0.25, 0.3) is 5.56 Å². The van der Waals surface area contributed by atoms with Gasteiger partial charge >= 0.3 is 0 Å². The lowest BCUT2D eigenvalue weighted by molar-refractivity contribution is 0.366. The predicted molar refractivity (Wildman–Crippen MR) is 70.8 cm³/mol. The molecule has 0 atom stereocenters. The molecule has 4 heteroatoms. The fourth-order valence-electron chi connectivity index (χ4n) is 1.32. The second-order valence-corrected chi connectivity index (χ2v) is 5.46. The summed E-state index contributed by atoms with van der Waals surface area (Å²) in [6, 6.07) is 3.34. The maximum absolute atomic E-state index is 11.5. The van der Waals surface area contributed by atoms with Crippen molar-refractivity contribution in [3.63, 3.8) is 0 Å². The molecule has 1 heterocycles. The summed E-state index contributed by atoms with van der Waals surface area (Å²) in [5.74, 6) is 0. The molecule has 1 rings (SSSR count). The van der Waals surface area contributed by atoms with Crippen molar-refractivity contribution in [1.82, 2.24) is 9.88 Å². The Morgan fingerprint density at radius 3 is 2.75 bits per heavy atom. The molecule has 0 saturated heterocycles. The molecule has 0 radical (unpaired) electrons. The predicted octanol–water partition coefficient (Wildman–Crippen LogP) is 2.39. The molecular formula is C12H19BrN2O. The van der Waals surface area contributed by atoms with Crippen LogP contribution >= 0.6 is 15.9 Å². The van der Waals surface area contributed by atoms with Crippen LogP contribution in [0.2, 0.25) is 0 Å². The highest BCUT2D eigenvalue weighted by Gasteiger charge is 2.12. The summed E-state index contributed by atoms with van der Waals surface area (Å²) in [6.07, 6.45) is 2.89. The average Bonchev–Trinajstić information content (AvgIpc) is 2.23. The number of nitrogens with zero attached hydrogens (tertiary/aromatic N) is 1. The standard InChI is InChI=1S/C12H19BrN2O/c1-4-12(2,3)14-7-8-15-9-10(13)5-6-11(15)16/h5-6,9,14H,4,7-8H2,1-3H3. The average molecular weight is 287 g/mol. The van der Waals surface area contributed by atoms with Gasteiger partial charge < -0.3 is 9.88 Å². The van der Waals surface area contributed by atoms with Gasteiger partial charge in [0.05, 0.1) is 0 Å². The minimum absolute atomic E-state index is 0.0410. The third-order valence-electron chi connectivity index (χ3n) is 2.79. The molecule has 0 fully saturated rings. The van der Waals surface area contributed by atoms with Gasteiger partial charge in [-0.1, -0.05) is 6.92 Å². The van der Waals surface area contributed by atoms with E-state index in [4.69, 9.17) is 0 Å². The van der Waals surface area contributed by atoms with Crippen LogP contribution in [0.1, 0.15) is 27.2 Å². The van der Waals surface area contributed by atoms with Crippen molar-refractivity contribution in [2.75, 3.05) is 6.54 Å². The fraction of sp³-hybridized carbons (Fsp3) is 0.583. The fourth-order valence-corrected chi connectivity index (χ4v) is 1.70. The highest BCUT2D eigenvalue weighted by molar-refractivity contribution is 9.10. The molecule has 0 aliphatic rings. The first-order chi connectivity index (χ1) is 7.44. The number of aromatic nitrogens is 1. The second-order valence-electron chi connectivity index (χ2n) is 4.54. The molecule has 90 valence electrons. The highest BCUT2D eigenvalue weighted by Crippen LogP contribution is 2.07. The van der Waals surface area contributed by atoms with Gasteiger partial charge in [0, 0.05) is 35.4 Å². The van der Waals surface area contributed by atoms with Crippen molar-refractivity contribution in [3.05, 3.63) is 33.2 Å². The van der Waals surface area contributed by atoms with Gasteiger partial charge in [0.2, 0.25) is 0 Å². The molecule has 0 saturated carbocycles. The van der Waals surface area contributed by atoms with E-state index in [0.29, 0.717) is 6.54 Å². The Hall–Kier alpha value is -0.610. The van der Waals surface area contributed by atoms with E-state index in [1.54, 1.807) is 16.7 Å². The van der Waals surface area contributed by atoms with Crippen LogP contribution in [-0.4, -0.2) is 16.7 Å². The Labute approximate surface area is 105 Å². The van der Waals surface area contributed by atoms with E-state index in [1.807, 2.05) is 6.20 Å². The van der Waals surface area contributed by atoms with Crippen LogP contribution in [0.4, 0.5) is 0 Å². The van der Waals surface area contributed by atoms with Gasteiger partial charge in [0.1, 0.15) is 0 Å². The number of nitrogens with one attached hydrogen (secondary N) is 1. The third kappa shape index (κ3) is 4.10. The summed E-state index contributed by atoms with van der Waals surface area (Å²) in [5.41, 5.74) is 0.176. The van der Waals surface area contributed by atoms with Crippen LogP contribution in [0.15, 0.2) is 27.6 Å². The molecule has 16 heavy (non-hydrogen) atoms. The Morgan fingerprint density at radius 2 is 2.12 bits per heavy atom. The third-order valence-corrected chi connectivity index (χ3v) is 3.26. The Morgan fingerprint density at radius 1 is 1.44 bits per heavy atom. The van der Waals surface area contributed by atoms with E-state index in [0.717, 1.165) is 17.4 Å². The van der Waals surface area contributed by atoms with E-state index >= 15 is 0 Å². The first kappa shape index (κ1) is 13.5. The van der Waals surface area contributed by atoms with E-state index < -0.39 is 0 Å². The van der Waals surface area contributed by atoms with Crippen LogP contribution in [0.3, 0.4) is 0 Å². The maximum atomic E-state index is 11.5. The maximum Gasteiger partial charge on any atom is 0.250 e. The normalized spacial score (nSPS) is 11.8. The number of pyridine rings is 1. The molecule has 0 aliphatic heterocycles. The van der Waals surface area contributed by atoms with Crippen LogP contribution in [0, 0.1) is 0 Å². The smallest absolute Gasteiger partial charge is 0.250 e. The topological polar surface area (TPSA) is 34.0 Å². The highest BCUT2D eigenvalue weighted by atomic mass is 79.9. The molecule has 1 aromatic rings. The van der Waals surface area contributed by atoms with E-state index in [-0.39, 0.29) is 11.1 Å². The van der Waals surface area contributed by atoms with Crippen molar-refractivity contribution in [2.24, 2.45) is 0 Å². The largest absolute Gasteiger partial charge is 0.313 e. The monoisotopic (exact) mass is 286 g/mol. The van der Waals surface area contributed by atoms with Crippen molar-refractivity contribution in [3.8, 4) is 0 Å². The van der Waals surface area contributed by atoms with E-state index in [9.17, 15) is 4.79 Å². The Kier molecular flexibility index (Phi) is 4.74.